The summed E-state index contributed by atoms with van der Waals surface area (Å²) in [4.78, 5) is 13.4. The fourth-order valence-electron chi connectivity index (χ4n) is 12.8. The summed E-state index contributed by atoms with van der Waals surface area (Å²) in [5.74, 6) is -0.200. The molecule has 0 aromatic heterocycles. The zero-order valence-electron chi connectivity index (χ0n) is 57.9. The minimum Gasteiger partial charge on any atom is -0.394 e. The van der Waals surface area contributed by atoms with Crippen LogP contribution in [0.2, 0.25) is 0 Å². The van der Waals surface area contributed by atoms with Gasteiger partial charge in [-0.05, 0) is 51.4 Å². The van der Waals surface area contributed by atoms with Gasteiger partial charge in [-0.3, -0.25) is 4.79 Å². The van der Waals surface area contributed by atoms with E-state index in [2.05, 4.69) is 55.6 Å². The molecule has 2 aliphatic rings. The molecule has 12 unspecified atom stereocenters. The highest BCUT2D eigenvalue weighted by Gasteiger charge is 2.51. The predicted octanol–water partition coefficient (Wildman–Crippen LogP) is 16.5. The van der Waals surface area contributed by atoms with Gasteiger partial charge in [0.15, 0.2) is 12.6 Å². The van der Waals surface area contributed by atoms with Crippen LogP contribution in [0.15, 0.2) is 36.5 Å². The molecule has 0 aliphatic carbocycles. The molecule has 9 N–H and O–H groups in total. The molecule has 2 saturated heterocycles. The zero-order valence-corrected chi connectivity index (χ0v) is 57.9. The Balaban J connectivity index is 1.62. The van der Waals surface area contributed by atoms with Crippen molar-refractivity contribution in [3.63, 3.8) is 0 Å². The minimum atomic E-state index is -1.78. The van der Waals surface area contributed by atoms with Crippen molar-refractivity contribution in [2.75, 3.05) is 19.8 Å². The number of aliphatic hydroxyl groups excluding tert-OH is 8. The third-order valence-corrected chi connectivity index (χ3v) is 18.9. The summed E-state index contributed by atoms with van der Waals surface area (Å²) >= 11 is 0. The molecule has 0 aromatic rings. The highest BCUT2D eigenvalue weighted by Crippen LogP contribution is 2.30. The van der Waals surface area contributed by atoms with Crippen LogP contribution in [0.5, 0.6) is 0 Å². The van der Waals surface area contributed by atoms with Crippen LogP contribution in [0.4, 0.5) is 0 Å². The maximum atomic E-state index is 13.4. The average molecular weight is 1280 g/mol. The van der Waals surface area contributed by atoms with Gasteiger partial charge in [0.05, 0.1) is 32.0 Å². The van der Waals surface area contributed by atoms with Crippen molar-refractivity contribution in [2.45, 2.75) is 421 Å². The maximum Gasteiger partial charge on any atom is 0.220 e. The van der Waals surface area contributed by atoms with Crippen LogP contribution in [-0.4, -0.2) is 140 Å². The van der Waals surface area contributed by atoms with E-state index in [1.54, 1.807) is 0 Å². The van der Waals surface area contributed by atoms with E-state index in [4.69, 9.17) is 18.9 Å². The average Bonchev–Trinajstić information content (AvgIpc) is 1.41. The first kappa shape index (κ1) is 84.3. The number of allylic oxidation sites excluding steroid dienone is 6. The van der Waals surface area contributed by atoms with Crippen LogP contribution in [-0.2, 0) is 23.7 Å². The van der Waals surface area contributed by atoms with Crippen molar-refractivity contribution in [3.05, 3.63) is 36.5 Å². The zero-order chi connectivity index (χ0) is 65.2. The number of rotatable bonds is 64. The van der Waals surface area contributed by atoms with Gasteiger partial charge in [-0.15, -0.1) is 0 Å². The summed E-state index contributed by atoms with van der Waals surface area (Å²) in [5, 5.41) is 87.8. The summed E-state index contributed by atoms with van der Waals surface area (Å²) in [6.45, 7) is 2.91. The molecular formula is C76H143NO13. The van der Waals surface area contributed by atoms with E-state index in [0.29, 0.717) is 12.8 Å². The number of aliphatic hydroxyl groups is 8. The number of hydrogen-bond acceptors (Lipinski definition) is 13. The van der Waals surface area contributed by atoms with Gasteiger partial charge in [0.1, 0.15) is 48.8 Å². The van der Waals surface area contributed by atoms with Gasteiger partial charge in [-0.2, -0.15) is 0 Å². The minimum absolute atomic E-state index is 0.200. The molecule has 2 aliphatic heterocycles. The van der Waals surface area contributed by atoms with Gasteiger partial charge in [0.2, 0.25) is 5.91 Å². The lowest BCUT2D eigenvalue weighted by molar-refractivity contribution is -0.359. The number of ether oxygens (including phenoxy) is 4. The van der Waals surface area contributed by atoms with Gasteiger partial charge in [0, 0.05) is 6.42 Å². The fraction of sp³-hybridized carbons (Fsp3) is 0.908. The molecule has 0 spiro atoms. The van der Waals surface area contributed by atoms with Crippen molar-refractivity contribution in [1.29, 1.82) is 0 Å². The predicted molar refractivity (Wildman–Crippen MR) is 369 cm³/mol. The molecule has 0 aromatic carbocycles. The molecule has 0 saturated carbocycles. The molecule has 12 atom stereocenters. The van der Waals surface area contributed by atoms with Crippen LogP contribution in [0.1, 0.15) is 348 Å². The van der Waals surface area contributed by atoms with Gasteiger partial charge in [-0.25, -0.2) is 0 Å². The maximum absolute atomic E-state index is 13.4. The number of carbonyl (C=O) groups excluding carboxylic acids is 1. The Labute approximate surface area is 551 Å². The first-order valence-electron chi connectivity index (χ1n) is 38.2. The monoisotopic (exact) mass is 1280 g/mol. The highest BCUT2D eigenvalue weighted by atomic mass is 16.7. The third kappa shape index (κ3) is 44.0. The van der Waals surface area contributed by atoms with Crippen molar-refractivity contribution in [3.8, 4) is 0 Å². The standard InChI is InChI=1S/C76H143NO13/c1-3-5-7-9-11-13-15-17-19-21-23-25-27-28-29-30-31-32-33-34-35-36-38-40-42-44-46-48-50-52-54-56-58-60-68(81)77-64(63-87-75-73(86)71(84)74(67(62-79)89-75)90-76-72(85)70(83)69(82)66(61-78)88-76)65(80)59-57-55-53-51-49-47-45-43-41-39-37-26-24-22-20-18-16-14-12-10-8-6-4-2/h15,17,21,23,27-28,64-67,69-76,78-80,82-86H,3-14,16,18-20,22,24-26,29-63H2,1-2H3,(H,77,81)/b17-15-,23-21-,28-27-. The molecule has 2 fully saturated rings. The van der Waals surface area contributed by atoms with Crippen molar-refractivity contribution < 1.29 is 64.6 Å². The van der Waals surface area contributed by atoms with Crippen LogP contribution >= 0.6 is 0 Å². The quantitative estimate of drug-likeness (QED) is 0.0204. The number of carbonyl (C=O) groups is 1. The van der Waals surface area contributed by atoms with Crippen molar-refractivity contribution >= 4 is 5.91 Å². The van der Waals surface area contributed by atoms with Gasteiger partial charge >= 0.3 is 0 Å². The number of nitrogens with one attached hydrogen (secondary N) is 1. The topological polar surface area (TPSA) is 228 Å². The van der Waals surface area contributed by atoms with E-state index in [-0.39, 0.29) is 12.5 Å². The lowest BCUT2D eigenvalue weighted by Gasteiger charge is -2.46. The summed E-state index contributed by atoms with van der Waals surface area (Å²) < 4.78 is 23.0. The van der Waals surface area contributed by atoms with Crippen molar-refractivity contribution in [2.24, 2.45) is 0 Å². The van der Waals surface area contributed by atoms with E-state index >= 15 is 0 Å². The Morgan fingerprint density at radius 2 is 0.733 bits per heavy atom. The highest BCUT2D eigenvalue weighted by molar-refractivity contribution is 5.76. The van der Waals surface area contributed by atoms with Crippen LogP contribution in [0.25, 0.3) is 0 Å². The van der Waals surface area contributed by atoms with Crippen molar-refractivity contribution in [1.82, 2.24) is 5.32 Å². The lowest BCUT2D eigenvalue weighted by atomic mass is 9.97. The molecule has 1 amide bonds. The van der Waals surface area contributed by atoms with E-state index in [1.165, 1.54) is 257 Å². The molecule has 0 bridgehead atoms. The molecule has 530 valence electrons. The Morgan fingerprint density at radius 3 is 1.12 bits per heavy atom. The molecule has 2 heterocycles. The number of hydrogen-bond donors (Lipinski definition) is 9. The second-order valence-corrected chi connectivity index (χ2v) is 27.1. The summed E-state index contributed by atoms with van der Waals surface area (Å²) in [5.41, 5.74) is 0. The van der Waals surface area contributed by atoms with Gasteiger partial charge in [0.25, 0.3) is 0 Å². The van der Waals surface area contributed by atoms with Crippen LogP contribution in [0, 0.1) is 0 Å². The Morgan fingerprint density at radius 1 is 0.400 bits per heavy atom. The molecule has 14 nitrogen and oxygen atoms in total. The van der Waals surface area contributed by atoms with Gasteiger partial charge < -0.3 is 65.1 Å². The smallest absolute Gasteiger partial charge is 0.220 e. The normalized spacial score (nSPS) is 23.0. The SMILES string of the molecule is CCCCCCC/C=C\C/C=C\C/C=C\CCCCCCCCCCCCCCCCCCCCC(=O)NC(COC1OC(CO)C(OC2OC(CO)C(O)C(O)C2O)C(O)C1O)C(O)CCCCCCCCCCCCCCCCCCCCCCCCC. The van der Waals surface area contributed by atoms with E-state index in [1.807, 2.05) is 0 Å². The van der Waals surface area contributed by atoms with E-state index < -0.39 is 86.8 Å². The molecule has 90 heavy (non-hydrogen) atoms. The van der Waals surface area contributed by atoms with Gasteiger partial charge in [-0.1, -0.05) is 326 Å². The number of unbranched alkanes of at least 4 members (excludes halogenated alkanes) is 45. The van der Waals surface area contributed by atoms with Crippen LogP contribution < -0.4 is 5.32 Å². The Hall–Kier alpha value is -1.79. The number of amides is 1. The van der Waals surface area contributed by atoms with Crippen LogP contribution in [0.3, 0.4) is 0 Å². The summed E-state index contributed by atoms with van der Waals surface area (Å²) in [6.07, 6.45) is 61.7. The molecule has 0 radical (unpaired) electrons. The summed E-state index contributed by atoms with van der Waals surface area (Å²) in [6, 6.07) is -0.829. The largest absolute Gasteiger partial charge is 0.394 e. The molecular weight excluding hydrogens is 1130 g/mol. The lowest BCUT2D eigenvalue weighted by Crippen LogP contribution is -2.65. The molecule has 2 rings (SSSR count). The van der Waals surface area contributed by atoms with E-state index in [9.17, 15) is 45.6 Å². The Bertz CT molecular complexity index is 1650. The fourth-order valence-corrected chi connectivity index (χ4v) is 12.8. The first-order chi connectivity index (χ1) is 44.1. The second-order valence-electron chi connectivity index (χ2n) is 27.1. The first-order valence-corrected chi connectivity index (χ1v) is 38.2. The Kier molecular flexibility index (Phi) is 57.0. The second kappa shape index (κ2) is 60.8. The molecule has 14 heteroatoms. The van der Waals surface area contributed by atoms with E-state index in [0.717, 1.165) is 64.2 Å². The third-order valence-electron chi connectivity index (χ3n) is 18.9. The summed E-state index contributed by atoms with van der Waals surface area (Å²) in [7, 11) is 0.